The first-order chi connectivity index (χ1) is 10.7. The van der Waals surface area contributed by atoms with Gasteiger partial charge in [-0.3, -0.25) is 0 Å². The van der Waals surface area contributed by atoms with E-state index in [0.717, 1.165) is 18.4 Å². The minimum atomic E-state index is -0.498. The van der Waals surface area contributed by atoms with Crippen molar-refractivity contribution in [2.24, 2.45) is 5.92 Å². The van der Waals surface area contributed by atoms with Gasteiger partial charge < -0.3 is 15.4 Å². The molecule has 0 spiro atoms. The highest BCUT2D eigenvalue weighted by Gasteiger charge is 2.41. The number of amides is 1. The van der Waals surface area contributed by atoms with E-state index in [9.17, 15) is 9.18 Å². The molecule has 1 atom stereocenters. The van der Waals surface area contributed by atoms with Crippen LogP contribution < -0.4 is 10.6 Å². The smallest absolute Gasteiger partial charge is 0.407 e. The summed E-state index contributed by atoms with van der Waals surface area (Å²) in [5.41, 5.74) is 0.336. The average Bonchev–Trinajstić information content (AvgIpc) is 3.28. The number of hydrogen-bond donors (Lipinski definition) is 2. The molecule has 0 aromatic heterocycles. The zero-order chi connectivity index (χ0) is 17.1. The van der Waals surface area contributed by atoms with E-state index in [4.69, 9.17) is 4.74 Å². The van der Waals surface area contributed by atoms with Gasteiger partial charge in [-0.2, -0.15) is 0 Å². The SMILES string of the molecule is CC(C)(C)OC(=O)NCC(C)(NCc1ccc(F)cc1)C1CC1. The summed E-state index contributed by atoms with van der Waals surface area (Å²) >= 11 is 0. The second-order valence-corrected chi connectivity index (χ2v) is 7.53. The lowest BCUT2D eigenvalue weighted by Gasteiger charge is -2.32. The summed E-state index contributed by atoms with van der Waals surface area (Å²) in [5, 5.41) is 6.38. The largest absolute Gasteiger partial charge is 0.444 e. The van der Waals surface area contributed by atoms with Crippen LogP contribution in [0.15, 0.2) is 24.3 Å². The van der Waals surface area contributed by atoms with Gasteiger partial charge in [0.05, 0.1) is 0 Å². The summed E-state index contributed by atoms with van der Waals surface area (Å²) in [4.78, 5) is 11.9. The van der Waals surface area contributed by atoms with Crippen molar-refractivity contribution in [2.45, 2.75) is 58.2 Å². The minimum absolute atomic E-state index is 0.189. The molecule has 4 nitrogen and oxygen atoms in total. The molecule has 1 aliphatic rings. The van der Waals surface area contributed by atoms with Gasteiger partial charge >= 0.3 is 6.09 Å². The lowest BCUT2D eigenvalue weighted by molar-refractivity contribution is 0.0507. The van der Waals surface area contributed by atoms with Crippen LogP contribution in [-0.2, 0) is 11.3 Å². The maximum absolute atomic E-state index is 13.0. The van der Waals surface area contributed by atoms with Gasteiger partial charge in [0.1, 0.15) is 11.4 Å². The highest BCUT2D eigenvalue weighted by molar-refractivity contribution is 5.67. The fraction of sp³-hybridized carbons (Fsp3) is 0.611. The van der Waals surface area contributed by atoms with Crippen molar-refractivity contribution in [1.29, 1.82) is 0 Å². The number of nitrogens with one attached hydrogen (secondary N) is 2. The van der Waals surface area contributed by atoms with Crippen molar-refractivity contribution in [1.82, 2.24) is 10.6 Å². The molecule has 1 fully saturated rings. The minimum Gasteiger partial charge on any atom is -0.444 e. The van der Waals surface area contributed by atoms with E-state index in [0.29, 0.717) is 19.0 Å². The number of alkyl carbamates (subject to hydrolysis) is 1. The zero-order valence-corrected chi connectivity index (χ0v) is 14.4. The van der Waals surface area contributed by atoms with Crippen molar-refractivity contribution in [3.63, 3.8) is 0 Å². The first-order valence-corrected chi connectivity index (χ1v) is 8.14. The molecule has 0 radical (unpaired) electrons. The third-order valence-corrected chi connectivity index (χ3v) is 4.09. The number of hydrogen-bond acceptors (Lipinski definition) is 3. The number of carbonyl (C=O) groups is 1. The van der Waals surface area contributed by atoms with Gasteiger partial charge in [0, 0.05) is 18.6 Å². The van der Waals surface area contributed by atoms with Gasteiger partial charge in [-0.1, -0.05) is 12.1 Å². The van der Waals surface area contributed by atoms with Crippen LogP contribution in [0.3, 0.4) is 0 Å². The first kappa shape index (κ1) is 17.7. The van der Waals surface area contributed by atoms with Crippen molar-refractivity contribution in [3.05, 3.63) is 35.6 Å². The normalized spacial score (nSPS) is 17.4. The summed E-state index contributed by atoms with van der Waals surface area (Å²) in [6.07, 6.45) is 1.92. The number of ether oxygens (including phenoxy) is 1. The molecule has 1 aromatic rings. The van der Waals surface area contributed by atoms with E-state index >= 15 is 0 Å². The Balaban J connectivity index is 1.88. The molecule has 1 aliphatic carbocycles. The molecule has 2 N–H and O–H groups in total. The molecule has 23 heavy (non-hydrogen) atoms. The van der Waals surface area contributed by atoms with Gasteiger partial charge in [-0.25, -0.2) is 9.18 Å². The Morgan fingerprint density at radius 1 is 1.22 bits per heavy atom. The van der Waals surface area contributed by atoms with E-state index < -0.39 is 11.7 Å². The Labute approximate surface area is 137 Å². The van der Waals surface area contributed by atoms with Gasteiger partial charge in [-0.05, 0) is 64.2 Å². The fourth-order valence-corrected chi connectivity index (χ4v) is 2.55. The van der Waals surface area contributed by atoms with Crippen molar-refractivity contribution < 1.29 is 13.9 Å². The van der Waals surface area contributed by atoms with Crippen LogP contribution in [0.1, 0.15) is 46.1 Å². The Morgan fingerprint density at radius 3 is 2.35 bits per heavy atom. The monoisotopic (exact) mass is 322 g/mol. The molecule has 1 saturated carbocycles. The first-order valence-electron chi connectivity index (χ1n) is 8.14. The van der Waals surface area contributed by atoms with Crippen LogP contribution >= 0.6 is 0 Å². The summed E-state index contributed by atoms with van der Waals surface area (Å²) in [6.45, 7) is 8.81. The second-order valence-electron chi connectivity index (χ2n) is 7.53. The number of benzene rings is 1. The predicted octanol–water partition coefficient (Wildman–Crippen LogP) is 3.61. The summed E-state index contributed by atoms with van der Waals surface area (Å²) < 4.78 is 18.3. The van der Waals surface area contributed by atoms with Gasteiger partial charge in [-0.15, -0.1) is 0 Å². The Kier molecular flexibility index (Phi) is 5.30. The van der Waals surface area contributed by atoms with Crippen LogP contribution in [0.25, 0.3) is 0 Å². The topological polar surface area (TPSA) is 50.4 Å². The molecule has 5 heteroatoms. The maximum atomic E-state index is 13.0. The lowest BCUT2D eigenvalue weighted by Crippen LogP contribution is -2.53. The van der Waals surface area contributed by atoms with E-state index in [2.05, 4.69) is 17.6 Å². The zero-order valence-electron chi connectivity index (χ0n) is 14.4. The highest BCUT2D eigenvalue weighted by Crippen LogP contribution is 2.39. The third kappa shape index (κ3) is 5.82. The number of halogens is 1. The van der Waals surface area contributed by atoms with Crippen LogP contribution in [0.5, 0.6) is 0 Å². The van der Waals surface area contributed by atoms with Gasteiger partial charge in [0.15, 0.2) is 0 Å². The maximum Gasteiger partial charge on any atom is 0.407 e. The Bertz CT molecular complexity index is 535. The summed E-state index contributed by atoms with van der Waals surface area (Å²) in [6, 6.07) is 6.47. The van der Waals surface area contributed by atoms with Crippen LogP contribution in [0.4, 0.5) is 9.18 Å². The van der Waals surface area contributed by atoms with E-state index in [1.54, 1.807) is 12.1 Å². The highest BCUT2D eigenvalue weighted by atomic mass is 19.1. The number of carbonyl (C=O) groups excluding carboxylic acids is 1. The molecule has 0 aliphatic heterocycles. The second kappa shape index (κ2) is 6.87. The van der Waals surface area contributed by atoms with E-state index in [-0.39, 0.29) is 11.4 Å². The van der Waals surface area contributed by atoms with Crippen LogP contribution in [-0.4, -0.2) is 23.8 Å². The standard InChI is InChI=1S/C18H27FN2O2/c1-17(2,3)23-16(22)20-12-18(4,14-7-8-14)21-11-13-5-9-15(19)10-6-13/h5-6,9-10,14,21H,7-8,11-12H2,1-4H3,(H,20,22). The molecule has 128 valence electrons. The molecule has 1 unspecified atom stereocenters. The molecular formula is C18H27FN2O2. The molecule has 0 bridgehead atoms. The van der Waals surface area contributed by atoms with Crippen molar-refractivity contribution in [2.75, 3.05) is 6.54 Å². The lowest BCUT2D eigenvalue weighted by atomic mass is 9.95. The van der Waals surface area contributed by atoms with Crippen LogP contribution in [0, 0.1) is 11.7 Å². The van der Waals surface area contributed by atoms with Crippen LogP contribution in [0.2, 0.25) is 0 Å². The molecule has 1 amide bonds. The van der Waals surface area contributed by atoms with Gasteiger partial charge in [0.25, 0.3) is 0 Å². The number of rotatable bonds is 6. The average molecular weight is 322 g/mol. The molecule has 1 aromatic carbocycles. The van der Waals surface area contributed by atoms with Crippen molar-refractivity contribution in [3.8, 4) is 0 Å². The van der Waals surface area contributed by atoms with E-state index in [1.165, 1.54) is 12.1 Å². The van der Waals surface area contributed by atoms with Gasteiger partial charge in [0.2, 0.25) is 0 Å². The third-order valence-electron chi connectivity index (χ3n) is 4.09. The fourth-order valence-electron chi connectivity index (χ4n) is 2.55. The Morgan fingerprint density at radius 2 is 1.83 bits per heavy atom. The quantitative estimate of drug-likeness (QED) is 0.841. The van der Waals surface area contributed by atoms with Crippen molar-refractivity contribution >= 4 is 6.09 Å². The summed E-state index contributed by atoms with van der Waals surface area (Å²) in [7, 11) is 0. The Hall–Kier alpha value is -1.62. The van der Waals surface area contributed by atoms with E-state index in [1.807, 2.05) is 20.8 Å². The summed E-state index contributed by atoms with van der Waals surface area (Å²) in [5.74, 6) is 0.309. The molecular weight excluding hydrogens is 295 g/mol. The predicted molar refractivity (Wildman–Crippen MR) is 88.6 cm³/mol. The molecule has 0 heterocycles. The molecule has 2 rings (SSSR count). The molecule has 0 saturated heterocycles.